The minimum Gasteiger partial charge on any atom is -0.408 e. The van der Waals surface area contributed by atoms with Gasteiger partial charge in [-0.3, -0.25) is 9.78 Å². The van der Waals surface area contributed by atoms with Gasteiger partial charge in [-0.15, -0.1) is 0 Å². The summed E-state index contributed by atoms with van der Waals surface area (Å²) in [4.78, 5) is 29.7. The van der Waals surface area contributed by atoms with Crippen molar-refractivity contribution in [2.24, 2.45) is 0 Å². The Morgan fingerprint density at radius 3 is 2.90 bits per heavy atom. The summed E-state index contributed by atoms with van der Waals surface area (Å²) in [5.41, 5.74) is 1.29. The Balaban J connectivity index is 1.88. The lowest BCUT2D eigenvalue weighted by Gasteiger charge is -2.04. The molecule has 2 aromatic heterocycles. The maximum Gasteiger partial charge on any atom is 0.417 e. The number of anilines is 1. The van der Waals surface area contributed by atoms with E-state index in [-0.39, 0.29) is 5.91 Å². The van der Waals surface area contributed by atoms with Crippen LogP contribution in [-0.4, -0.2) is 15.9 Å². The predicted molar refractivity (Wildman–Crippen MR) is 76.7 cm³/mol. The SMILES string of the molecule is O=C(Nc1ccc(Br)cn1)c1ccc2oc(=O)[nH]c2c1. The van der Waals surface area contributed by atoms with E-state index in [0.29, 0.717) is 22.5 Å². The number of hydrogen-bond donors (Lipinski definition) is 2. The molecular weight excluding hydrogens is 326 g/mol. The van der Waals surface area contributed by atoms with Gasteiger partial charge in [0.2, 0.25) is 0 Å². The lowest BCUT2D eigenvalue weighted by atomic mass is 10.2. The number of benzene rings is 1. The highest BCUT2D eigenvalue weighted by molar-refractivity contribution is 9.10. The van der Waals surface area contributed by atoms with Crippen LogP contribution in [-0.2, 0) is 0 Å². The van der Waals surface area contributed by atoms with Crippen molar-refractivity contribution >= 4 is 38.8 Å². The number of pyridine rings is 1. The molecule has 20 heavy (non-hydrogen) atoms. The molecular formula is C13H8BrN3O3. The first-order valence-electron chi connectivity index (χ1n) is 5.67. The average molecular weight is 334 g/mol. The van der Waals surface area contributed by atoms with Crippen molar-refractivity contribution in [3.05, 3.63) is 57.1 Å². The molecule has 0 aliphatic rings. The number of aromatic nitrogens is 2. The molecule has 0 saturated heterocycles. The predicted octanol–water partition coefficient (Wildman–Crippen LogP) is 2.53. The van der Waals surface area contributed by atoms with Crippen LogP contribution in [0.25, 0.3) is 11.1 Å². The number of carbonyl (C=O) groups excluding carboxylic acids is 1. The zero-order valence-corrected chi connectivity index (χ0v) is 11.6. The largest absolute Gasteiger partial charge is 0.417 e. The summed E-state index contributed by atoms with van der Waals surface area (Å²) in [6.45, 7) is 0. The molecule has 0 saturated carbocycles. The van der Waals surface area contributed by atoms with Crippen LogP contribution in [0.5, 0.6) is 0 Å². The minimum atomic E-state index is -0.549. The topological polar surface area (TPSA) is 88.0 Å². The molecule has 0 atom stereocenters. The number of oxazole rings is 1. The second kappa shape index (κ2) is 4.93. The van der Waals surface area contributed by atoms with Gasteiger partial charge in [-0.1, -0.05) is 0 Å². The average Bonchev–Trinajstić information content (AvgIpc) is 2.80. The molecule has 0 fully saturated rings. The molecule has 1 amide bonds. The molecule has 0 spiro atoms. The lowest BCUT2D eigenvalue weighted by Crippen LogP contribution is -2.12. The number of nitrogens with one attached hydrogen (secondary N) is 2. The Kier molecular flexibility index (Phi) is 3.11. The summed E-state index contributed by atoms with van der Waals surface area (Å²) >= 11 is 3.27. The number of carbonyl (C=O) groups is 1. The van der Waals surface area contributed by atoms with Gasteiger partial charge in [-0.25, -0.2) is 9.78 Å². The highest BCUT2D eigenvalue weighted by Gasteiger charge is 2.09. The highest BCUT2D eigenvalue weighted by atomic mass is 79.9. The van der Waals surface area contributed by atoms with E-state index in [0.717, 1.165) is 4.47 Å². The van der Waals surface area contributed by atoms with E-state index in [4.69, 9.17) is 4.42 Å². The Morgan fingerprint density at radius 1 is 1.30 bits per heavy atom. The van der Waals surface area contributed by atoms with Crippen LogP contribution in [0.4, 0.5) is 5.82 Å². The van der Waals surface area contributed by atoms with Crippen LogP contribution in [0.3, 0.4) is 0 Å². The summed E-state index contributed by atoms with van der Waals surface area (Å²) in [6.07, 6.45) is 1.59. The summed E-state index contributed by atoms with van der Waals surface area (Å²) in [6, 6.07) is 8.15. The van der Waals surface area contributed by atoms with Crippen LogP contribution in [0.1, 0.15) is 10.4 Å². The molecule has 2 N–H and O–H groups in total. The molecule has 0 radical (unpaired) electrons. The molecule has 1 aromatic carbocycles. The molecule has 0 unspecified atom stereocenters. The summed E-state index contributed by atoms with van der Waals surface area (Å²) < 4.78 is 5.70. The van der Waals surface area contributed by atoms with Crippen molar-refractivity contribution in [1.82, 2.24) is 9.97 Å². The van der Waals surface area contributed by atoms with E-state index >= 15 is 0 Å². The third-order valence-corrected chi connectivity index (χ3v) is 3.12. The fourth-order valence-corrected chi connectivity index (χ4v) is 1.97. The monoisotopic (exact) mass is 333 g/mol. The third kappa shape index (κ3) is 2.48. The highest BCUT2D eigenvalue weighted by Crippen LogP contribution is 2.15. The second-order valence-corrected chi connectivity index (χ2v) is 4.96. The standard InChI is InChI=1S/C13H8BrN3O3/c14-8-2-4-11(15-6-8)17-12(18)7-1-3-10-9(5-7)16-13(19)20-10/h1-6H,(H,16,19)(H,15,17,18). The third-order valence-electron chi connectivity index (χ3n) is 2.65. The summed E-state index contributed by atoms with van der Waals surface area (Å²) in [5.74, 6) is -0.421. The zero-order valence-electron chi connectivity index (χ0n) is 10.0. The van der Waals surface area contributed by atoms with Gasteiger partial charge >= 0.3 is 5.76 Å². The Hall–Kier alpha value is -2.41. The number of halogens is 1. The van der Waals surface area contributed by atoms with E-state index in [1.807, 2.05) is 0 Å². The fourth-order valence-electron chi connectivity index (χ4n) is 1.73. The molecule has 100 valence electrons. The van der Waals surface area contributed by atoms with Crippen LogP contribution in [0.15, 0.2) is 50.2 Å². The Morgan fingerprint density at radius 2 is 2.15 bits per heavy atom. The zero-order chi connectivity index (χ0) is 14.1. The van der Waals surface area contributed by atoms with Gasteiger partial charge in [0.25, 0.3) is 5.91 Å². The van der Waals surface area contributed by atoms with Crippen LogP contribution in [0.2, 0.25) is 0 Å². The molecule has 3 rings (SSSR count). The Labute approximate surface area is 121 Å². The van der Waals surface area contributed by atoms with Gasteiger partial charge in [0, 0.05) is 16.2 Å². The van der Waals surface area contributed by atoms with Crippen LogP contribution in [0, 0.1) is 0 Å². The van der Waals surface area contributed by atoms with Crippen molar-refractivity contribution < 1.29 is 9.21 Å². The van der Waals surface area contributed by atoms with E-state index in [1.165, 1.54) is 0 Å². The van der Waals surface area contributed by atoms with E-state index in [9.17, 15) is 9.59 Å². The van der Waals surface area contributed by atoms with E-state index < -0.39 is 5.76 Å². The normalized spacial score (nSPS) is 10.7. The van der Waals surface area contributed by atoms with Crippen molar-refractivity contribution in [2.75, 3.05) is 5.32 Å². The van der Waals surface area contributed by atoms with Crippen LogP contribution < -0.4 is 11.1 Å². The smallest absolute Gasteiger partial charge is 0.408 e. The number of H-pyrrole nitrogens is 1. The van der Waals surface area contributed by atoms with E-state index in [2.05, 4.69) is 31.2 Å². The molecule has 2 heterocycles. The molecule has 0 aliphatic carbocycles. The van der Waals surface area contributed by atoms with Crippen molar-refractivity contribution in [1.29, 1.82) is 0 Å². The number of nitrogens with zero attached hydrogens (tertiary/aromatic N) is 1. The minimum absolute atomic E-state index is 0.316. The van der Waals surface area contributed by atoms with Crippen molar-refractivity contribution in [2.45, 2.75) is 0 Å². The maximum absolute atomic E-state index is 12.1. The Bertz CT molecular complexity index is 836. The van der Waals surface area contributed by atoms with Gasteiger partial charge < -0.3 is 9.73 Å². The molecule has 0 aliphatic heterocycles. The summed E-state index contributed by atoms with van der Waals surface area (Å²) in [5, 5.41) is 2.66. The van der Waals surface area contributed by atoms with Gasteiger partial charge in [-0.2, -0.15) is 0 Å². The van der Waals surface area contributed by atoms with Gasteiger partial charge in [-0.05, 0) is 46.3 Å². The number of hydrogen-bond acceptors (Lipinski definition) is 4. The van der Waals surface area contributed by atoms with Gasteiger partial charge in [0.15, 0.2) is 5.58 Å². The maximum atomic E-state index is 12.1. The quantitative estimate of drug-likeness (QED) is 0.754. The molecule has 6 nitrogen and oxygen atoms in total. The first kappa shape index (κ1) is 12.6. The number of fused-ring (bicyclic) bond motifs is 1. The summed E-state index contributed by atoms with van der Waals surface area (Å²) in [7, 11) is 0. The molecule has 0 bridgehead atoms. The lowest BCUT2D eigenvalue weighted by molar-refractivity contribution is 0.102. The van der Waals surface area contributed by atoms with Gasteiger partial charge in [0.05, 0.1) is 5.52 Å². The molecule has 3 aromatic rings. The number of rotatable bonds is 2. The van der Waals surface area contributed by atoms with Crippen LogP contribution >= 0.6 is 15.9 Å². The fraction of sp³-hybridized carbons (Fsp3) is 0. The van der Waals surface area contributed by atoms with Crippen molar-refractivity contribution in [3.8, 4) is 0 Å². The molecule has 7 heteroatoms. The van der Waals surface area contributed by atoms with E-state index in [1.54, 1.807) is 36.5 Å². The number of amides is 1. The van der Waals surface area contributed by atoms with Gasteiger partial charge in [0.1, 0.15) is 5.82 Å². The number of aromatic amines is 1. The van der Waals surface area contributed by atoms with Crippen molar-refractivity contribution in [3.63, 3.8) is 0 Å². The second-order valence-electron chi connectivity index (χ2n) is 4.04. The first-order valence-corrected chi connectivity index (χ1v) is 6.47. The first-order chi connectivity index (χ1) is 9.61.